The highest BCUT2D eigenvalue weighted by Gasteiger charge is 2.36. The molecule has 2 aromatic rings. The average molecular weight is 409 g/mol. The fraction of sp³-hybridized carbons (Fsp3) is 0.480. The highest BCUT2D eigenvalue weighted by atomic mass is 16.5. The number of rotatable bonds is 6. The van der Waals surface area contributed by atoms with Gasteiger partial charge in [-0.2, -0.15) is 0 Å². The molecule has 5 nitrogen and oxygen atoms in total. The Morgan fingerprint density at radius 2 is 1.90 bits per heavy atom. The van der Waals surface area contributed by atoms with Crippen LogP contribution >= 0.6 is 0 Å². The SMILES string of the molecule is COc1ccccc1CCC(=O)N1CC[C@@H]2[C@@H](COCCN2Cc2ccccc2)C1. The summed E-state index contributed by atoms with van der Waals surface area (Å²) < 4.78 is 11.3. The summed E-state index contributed by atoms with van der Waals surface area (Å²) in [6, 6.07) is 19.1. The summed E-state index contributed by atoms with van der Waals surface area (Å²) in [5, 5.41) is 0. The van der Waals surface area contributed by atoms with Crippen LogP contribution in [0.5, 0.6) is 5.75 Å². The summed E-state index contributed by atoms with van der Waals surface area (Å²) in [4.78, 5) is 17.5. The number of piperidine rings is 1. The number of nitrogens with zero attached hydrogens (tertiary/aromatic N) is 2. The fourth-order valence-corrected chi connectivity index (χ4v) is 4.80. The number of carbonyl (C=O) groups is 1. The Bertz CT molecular complexity index is 826. The molecule has 2 aromatic carbocycles. The topological polar surface area (TPSA) is 42.0 Å². The number of likely N-dealkylation sites (tertiary alicyclic amines) is 1. The summed E-state index contributed by atoms with van der Waals surface area (Å²) in [5.74, 6) is 1.47. The Labute approximate surface area is 179 Å². The van der Waals surface area contributed by atoms with Crippen molar-refractivity contribution in [1.82, 2.24) is 9.80 Å². The predicted molar refractivity (Wildman–Crippen MR) is 117 cm³/mol. The van der Waals surface area contributed by atoms with Gasteiger partial charge in [-0.05, 0) is 30.0 Å². The summed E-state index contributed by atoms with van der Waals surface area (Å²) in [6.45, 7) is 5.04. The van der Waals surface area contributed by atoms with E-state index < -0.39 is 0 Å². The molecule has 2 fully saturated rings. The van der Waals surface area contributed by atoms with Crippen LogP contribution in [-0.4, -0.2) is 61.7 Å². The normalized spacial score (nSPS) is 22.2. The summed E-state index contributed by atoms with van der Waals surface area (Å²) >= 11 is 0. The number of hydrogen-bond acceptors (Lipinski definition) is 4. The minimum Gasteiger partial charge on any atom is -0.496 e. The number of hydrogen-bond donors (Lipinski definition) is 0. The van der Waals surface area contributed by atoms with E-state index in [1.807, 2.05) is 29.2 Å². The van der Waals surface area contributed by atoms with E-state index in [9.17, 15) is 4.79 Å². The van der Waals surface area contributed by atoms with Crippen LogP contribution in [0.3, 0.4) is 0 Å². The Kier molecular flexibility index (Phi) is 7.03. The molecule has 160 valence electrons. The van der Waals surface area contributed by atoms with Gasteiger partial charge in [0.1, 0.15) is 5.75 Å². The van der Waals surface area contributed by atoms with Crippen molar-refractivity contribution < 1.29 is 14.3 Å². The molecule has 4 rings (SSSR count). The second-order valence-electron chi connectivity index (χ2n) is 8.30. The lowest BCUT2D eigenvalue weighted by Gasteiger charge is -2.42. The Balaban J connectivity index is 1.35. The molecule has 5 heteroatoms. The smallest absolute Gasteiger partial charge is 0.222 e. The molecule has 0 spiro atoms. The zero-order valence-corrected chi connectivity index (χ0v) is 17.8. The number of benzene rings is 2. The zero-order valence-electron chi connectivity index (χ0n) is 17.8. The van der Waals surface area contributed by atoms with Crippen molar-refractivity contribution in [1.29, 1.82) is 0 Å². The third-order valence-electron chi connectivity index (χ3n) is 6.40. The molecule has 0 aromatic heterocycles. The quantitative estimate of drug-likeness (QED) is 0.735. The van der Waals surface area contributed by atoms with E-state index in [2.05, 4.69) is 35.2 Å². The summed E-state index contributed by atoms with van der Waals surface area (Å²) in [5.41, 5.74) is 2.43. The number of methoxy groups -OCH3 is 1. The molecular weight excluding hydrogens is 376 g/mol. The molecule has 2 aliphatic heterocycles. The van der Waals surface area contributed by atoms with Gasteiger partial charge in [-0.15, -0.1) is 0 Å². The standard InChI is InChI=1S/C25H32N2O3/c1-29-24-10-6-5-9-21(24)11-12-25(28)27-14-13-23-22(18-27)19-30-16-15-26(23)17-20-7-3-2-4-8-20/h2-10,22-23H,11-19H2,1H3/t22-,23-/m1/s1. The van der Waals surface area contributed by atoms with Crippen molar-refractivity contribution in [2.45, 2.75) is 31.8 Å². The number of para-hydroxylation sites is 1. The van der Waals surface area contributed by atoms with E-state index in [-0.39, 0.29) is 5.91 Å². The number of amides is 1. The van der Waals surface area contributed by atoms with Gasteiger partial charge in [0.15, 0.2) is 0 Å². The van der Waals surface area contributed by atoms with Crippen molar-refractivity contribution in [3.05, 3.63) is 65.7 Å². The molecule has 1 amide bonds. The summed E-state index contributed by atoms with van der Waals surface area (Å²) in [7, 11) is 1.68. The molecule has 30 heavy (non-hydrogen) atoms. The molecule has 0 bridgehead atoms. The number of ether oxygens (including phenoxy) is 2. The first-order chi connectivity index (χ1) is 14.7. The number of fused-ring (bicyclic) bond motifs is 1. The van der Waals surface area contributed by atoms with Crippen LogP contribution in [0.4, 0.5) is 0 Å². The lowest BCUT2D eigenvalue weighted by Crippen LogP contribution is -2.52. The molecule has 0 N–H and O–H groups in total. The lowest BCUT2D eigenvalue weighted by atomic mass is 9.90. The van der Waals surface area contributed by atoms with Crippen molar-refractivity contribution in [3.63, 3.8) is 0 Å². The van der Waals surface area contributed by atoms with E-state index >= 15 is 0 Å². The van der Waals surface area contributed by atoms with Crippen LogP contribution in [0.2, 0.25) is 0 Å². The van der Waals surface area contributed by atoms with Crippen LogP contribution < -0.4 is 4.74 Å². The molecule has 2 heterocycles. The number of carbonyl (C=O) groups excluding carboxylic acids is 1. The highest BCUT2D eigenvalue weighted by Crippen LogP contribution is 2.27. The molecule has 0 aliphatic carbocycles. The van der Waals surface area contributed by atoms with Gasteiger partial charge in [0.25, 0.3) is 0 Å². The lowest BCUT2D eigenvalue weighted by molar-refractivity contribution is -0.134. The fourth-order valence-electron chi connectivity index (χ4n) is 4.80. The molecule has 0 unspecified atom stereocenters. The van der Waals surface area contributed by atoms with Gasteiger partial charge >= 0.3 is 0 Å². The van der Waals surface area contributed by atoms with E-state index in [1.54, 1.807) is 7.11 Å². The zero-order chi connectivity index (χ0) is 20.8. The molecule has 0 saturated carbocycles. The first-order valence-electron chi connectivity index (χ1n) is 11.0. The number of aryl methyl sites for hydroxylation is 1. The largest absolute Gasteiger partial charge is 0.496 e. The van der Waals surface area contributed by atoms with E-state index in [4.69, 9.17) is 9.47 Å². The third-order valence-corrected chi connectivity index (χ3v) is 6.40. The van der Waals surface area contributed by atoms with Gasteiger partial charge in [-0.1, -0.05) is 48.5 Å². The van der Waals surface area contributed by atoms with Gasteiger partial charge in [-0.3, -0.25) is 9.69 Å². The molecular formula is C25H32N2O3. The molecule has 2 atom stereocenters. The van der Waals surface area contributed by atoms with Crippen molar-refractivity contribution in [2.75, 3.05) is 40.0 Å². The van der Waals surface area contributed by atoms with Crippen molar-refractivity contribution >= 4 is 5.91 Å². The third kappa shape index (κ3) is 5.02. The molecule has 2 saturated heterocycles. The minimum absolute atomic E-state index is 0.234. The second kappa shape index (κ2) is 10.1. The van der Waals surface area contributed by atoms with Crippen LogP contribution in [0.1, 0.15) is 24.0 Å². The Morgan fingerprint density at radius 3 is 2.73 bits per heavy atom. The monoisotopic (exact) mass is 408 g/mol. The predicted octanol–water partition coefficient (Wildman–Crippen LogP) is 3.38. The average Bonchev–Trinajstić information content (AvgIpc) is 3.00. The van der Waals surface area contributed by atoms with E-state index in [0.29, 0.717) is 24.8 Å². The van der Waals surface area contributed by atoms with Gasteiger partial charge in [0.05, 0.1) is 20.3 Å². The van der Waals surface area contributed by atoms with Crippen molar-refractivity contribution in [2.24, 2.45) is 5.92 Å². The van der Waals surface area contributed by atoms with Crippen molar-refractivity contribution in [3.8, 4) is 5.75 Å². The maximum absolute atomic E-state index is 12.9. The summed E-state index contributed by atoms with van der Waals surface area (Å²) in [6.07, 6.45) is 2.25. The van der Waals surface area contributed by atoms with Crippen LogP contribution in [0, 0.1) is 5.92 Å². The van der Waals surface area contributed by atoms with Gasteiger partial charge < -0.3 is 14.4 Å². The Morgan fingerprint density at radius 1 is 1.10 bits per heavy atom. The van der Waals surface area contributed by atoms with Crippen LogP contribution in [0.25, 0.3) is 0 Å². The van der Waals surface area contributed by atoms with Gasteiger partial charge in [0, 0.05) is 44.6 Å². The van der Waals surface area contributed by atoms with Gasteiger partial charge in [-0.25, -0.2) is 0 Å². The van der Waals surface area contributed by atoms with Crippen LogP contribution in [-0.2, 0) is 22.5 Å². The first kappa shape index (κ1) is 20.9. The maximum atomic E-state index is 12.9. The molecule has 0 radical (unpaired) electrons. The van der Waals surface area contributed by atoms with E-state index in [1.165, 1.54) is 5.56 Å². The maximum Gasteiger partial charge on any atom is 0.222 e. The minimum atomic E-state index is 0.234. The first-order valence-corrected chi connectivity index (χ1v) is 11.0. The molecule has 2 aliphatic rings. The van der Waals surface area contributed by atoms with Crippen LogP contribution in [0.15, 0.2) is 54.6 Å². The van der Waals surface area contributed by atoms with E-state index in [0.717, 1.165) is 57.1 Å². The Hall–Kier alpha value is -2.37. The highest BCUT2D eigenvalue weighted by molar-refractivity contribution is 5.76. The van der Waals surface area contributed by atoms with Gasteiger partial charge in [0.2, 0.25) is 5.91 Å². The second-order valence-corrected chi connectivity index (χ2v) is 8.30.